The molecule has 0 unspecified atom stereocenters. The van der Waals surface area contributed by atoms with Gasteiger partial charge in [0.2, 0.25) is 5.88 Å². The zero-order valence-corrected chi connectivity index (χ0v) is 5.99. The first kappa shape index (κ1) is 6.39. The summed E-state index contributed by atoms with van der Waals surface area (Å²) in [6.07, 6.45) is 3.89. The highest BCUT2D eigenvalue weighted by molar-refractivity contribution is 5.42. The Hall–Kier alpha value is -1.32. The topological polar surface area (TPSA) is 44.1 Å². The van der Waals surface area contributed by atoms with Gasteiger partial charge >= 0.3 is 0 Å². The number of fused-ring (bicyclic) bond motifs is 1. The highest BCUT2D eigenvalue weighted by Gasteiger charge is 2.13. The second-order valence-electron chi connectivity index (χ2n) is 2.51. The summed E-state index contributed by atoms with van der Waals surface area (Å²) in [5, 5.41) is 0. The first-order valence-electron chi connectivity index (χ1n) is 3.56. The maximum atomic E-state index is 9.93. The molecule has 0 fully saturated rings. The van der Waals surface area contributed by atoms with Crippen LogP contribution in [0.5, 0.6) is 5.88 Å². The molecule has 58 valence electrons. The molecule has 4 nitrogen and oxygen atoms in total. The summed E-state index contributed by atoms with van der Waals surface area (Å²) in [7, 11) is 0. The lowest BCUT2D eigenvalue weighted by Gasteiger charge is -1.89. The van der Waals surface area contributed by atoms with Crippen LogP contribution in [-0.2, 0) is 17.8 Å². The van der Waals surface area contributed by atoms with Crippen molar-refractivity contribution in [3.63, 3.8) is 0 Å². The van der Waals surface area contributed by atoms with E-state index in [-0.39, 0.29) is 0 Å². The van der Waals surface area contributed by atoms with Gasteiger partial charge in [-0.3, -0.25) is 4.79 Å². The van der Waals surface area contributed by atoms with E-state index in [1.54, 1.807) is 6.20 Å². The molecular formula is C7H8N2O2. The summed E-state index contributed by atoms with van der Waals surface area (Å²) in [5.41, 5.74) is 0. The SMILES string of the molecule is O=COc1cn2c(n1)CCC2. The van der Waals surface area contributed by atoms with Gasteiger partial charge in [0.05, 0.1) is 6.20 Å². The summed E-state index contributed by atoms with van der Waals surface area (Å²) in [6, 6.07) is 0. The summed E-state index contributed by atoms with van der Waals surface area (Å²) in [4.78, 5) is 14.0. The summed E-state index contributed by atoms with van der Waals surface area (Å²) < 4.78 is 6.60. The molecule has 11 heavy (non-hydrogen) atoms. The van der Waals surface area contributed by atoms with Crippen LogP contribution in [0.15, 0.2) is 6.20 Å². The molecule has 2 heterocycles. The average Bonchev–Trinajstić information content (AvgIpc) is 2.46. The minimum Gasteiger partial charge on any atom is -0.408 e. The number of rotatable bonds is 2. The van der Waals surface area contributed by atoms with E-state index < -0.39 is 0 Å². The van der Waals surface area contributed by atoms with Gasteiger partial charge in [-0.15, -0.1) is 0 Å². The predicted octanol–water partition coefficient (Wildman–Crippen LogP) is 0.364. The highest BCUT2D eigenvalue weighted by Crippen LogP contribution is 2.17. The lowest BCUT2D eigenvalue weighted by Crippen LogP contribution is -1.89. The highest BCUT2D eigenvalue weighted by atomic mass is 16.5. The number of hydrogen-bond donors (Lipinski definition) is 0. The van der Waals surface area contributed by atoms with E-state index in [1.807, 2.05) is 4.57 Å². The number of imidazole rings is 1. The number of carbonyl (C=O) groups excluding carboxylic acids is 1. The Morgan fingerprint density at radius 3 is 3.36 bits per heavy atom. The Balaban J connectivity index is 2.27. The van der Waals surface area contributed by atoms with Gasteiger partial charge in [0.1, 0.15) is 5.82 Å². The van der Waals surface area contributed by atoms with Crippen LogP contribution in [0.2, 0.25) is 0 Å². The monoisotopic (exact) mass is 152 g/mol. The van der Waals surface area contributed by atoms with Gasteiger partial charge in [-0.25, -0.2) is 0 Å². The third-order valence-electron chi connectivity index (χ3n) is 1.81. The number of nitrogens with zero attached hydrogens (tertiary/aromatic N) is 2. The molecule has 1 aromatic heterocycles. The van der Waals surface area contributed by atoms with Crippen LogP contribution in [0, 0.1) is 0 Å². The molecule has 2 rings (SSSR count). The largest absolute Gasteiger partial charge is 0.408 e. The van der Waals surface area contributed by atoms with E-state index >= 15 is 0 Å². The molecule has 1 aromatic rings. The van der Waals surface area contributed by atoms with E-state index in [2.05, 4.69) is 9.72 Å². The fourth-order valence-electron chi connectivity index (χ4n) is 1.33. The first-order chi connectivity index (χ1) is 5.40. The van der Waals surface area contributed by atoms with Gasteiger partial charge < -0.3 is 9.30 Å². The molecule has 1 aliphatic rings. The van der Waals surface area contributed by atoms with Crippen LogP contribution >= 0.6 is 0 Å². The minimum absolute atomic E-state index is 0.401. The fourth-order valence-corrected chi connectivity index (χ4v) is 1.33. The molecule has 0 atom stereocenters. The lowest BCUT2D eigenvalue weighted by molar-refractivity contribution is -0.120. The average molecular weight is 152 g/mol. The smallest absolute Gasteiger partial charge is 0.299 e. The van der Waals surface area contributed by atoms with Crippen molar-refractivity contribution in [3.05, 3.63) is 12.0 Å². The van der Waals surface area contributed by atoms with Crippen LogP contribution < -0.4 is 4.74 Å². The molecule has 0 amide bonds. The Labute approximate surface area is 63.8 Å². The van der Waals surface area contributed by atoms with Crippen LogP contribution in [0.4, 0.5) is 0 Å². The second kappa shape index (κ2) is 2.38. The quantitative estimate of drug-likeness (QED) is 0.575. The zero-order valence-electron chi connectivity index (χ0n) is 5.99. The molecule has 0 saturated heterocycles. The number of aryl methyl sites for hydroxylation is 2. The van der Waals surface area contributed by atoms with E-state index in [1.165, 1.54) is 0 Å². The van der Waals surface area contributed by atoms with Gasteiger partial charge in [0.25, 0.3) is 6.47 Å². The Bertz CT molecular complexity index is 258. The van der Waals surface area contributed by atoms with Crippen molar-refractivity contribution >= 4 is 6.47 Å². The van der Waals surface area contributed by atoms with Gasteiger partial charge in [0.15, 0.2) is 0 Å². The van der Waals surface area contributed by atoms with Crippen molar-refractivity contribution in [3.8, 4) is 5.88 Å². The van der Waals surface area contributed by atoms with Gasteiger partial charge in [-0.1, -0.05) is 0 Å². The Morgan fingerprint density at radius 1 is 1.73 bits per heavy atom. The van der Waals surface area contributed by atoms with Crippen molar-refractivity contribution < 1.29 is 9.53 Å². The van der Waals surface area contributed by atoms with Crippen molar-refractivity contribution in [2.45, 2.75) is 19.4 Å². The number of aromatic nitrogens is 2. The van der Waals surface area contributed by atoms with Crippen LogP contribution in [-0.4, -0.2) is 16.0 Å². The third-order valence-corrected chi connectivity index (χ3v) is 1.81. The predicted molar refractivity (Wildman–Crippen MR) is 37.2 cm³/mol. The molecule has 0 bridgehead atoms. The lowest BCUT2D eigenvalue weighted by atomic mass is 10.4. The molecule has 0 aromatic carbocycles. The van der Waals surface area contributed by atoms with E-state index in [0.29, 0.717) is 12.4 Å². The maximum absolute atomic E-state index is 9.93. The van der Waals surface area contributed by atoms with Gasteiger partial charge in [-0.2, -0.15) is 4.98 Å². The normalized spacial score (nSPS) is 14.5. The Morgan fingerprint density at radius 2 is 2.64 bits per heavy atom. The minimum atomic E-state index is 0.401. The maximum Gasteiger partial charge on any atom is 0.299 e. The molecule has 0 N–H and O–H groups in total. The standard InChI is InChI=1S/C7H8N2O2/c10-5-11-7-4-9-3-1-2-6(9)8-7/h4-5H,1-3H2. The van der Waals surface area contributed by atoms with Crippen molar-refractivity contribution in [1.82, 2.24) is 9.55 Å². The van der Waals surface area contributed by atoms with Crippen LogP contribution in [0.25, 0.3) is 0 Å². The first-order valence-corrected chi connectivity index (χ1v) is 3.56. The summed E-state index contributed by atoms with van der Waals surface area (Å²) in [6.45, 7) is 1.39. The second-order valence-corrected chi connectivity index (χ2v) is 2.51. The van der Waals surface area contributed by atoms with Crippen LogP contribution in [0.1, 0.15) is 12.2 Å². The third kappa shape index (κ3) is 1.00. The Kier molecular flexibility index (Phi) is 1.38. The van der Waals surface area contributed by atoms with Crippen molar-refractivity contribution in [2.24, 2.45) is 0 Å². The van der Waals surface area contributed by atoms with E-state index in [0.717, 1.165) is 25.2 Å². The van der Waals surface area contributed by atoms with Crippen molar-refractivity contribution in [2.75, 3.05) is 0 Å². The molecule has 0 aliphatic carbocycles. The summed E-state index contributed by atoms with van der Waals surface area (Å²) >= 11 is 0. The van der Waals surface area contributed by atoms with Crippen LogP contribution in [0.3, 0.4) is 0 Å². The number of carbonyl (C=O) groups is 1. The fraction of sp³-hybridized carbons (Fsp3) is 0.429. The number of ether oxygens (including phenoxy) is 1. The molecule has 0 radical (unpaired) electrons. The number of hydrogen-bond acceptors (Lipinski definition) is 3. The summed E-state index contributed by atoms with van der Waals surface area (Å²) in [5.74, 6) is 1.43. The van der Waals surface area contributed by atoms with Gasteiger partial charge in [-0.05, 0) is 6.42 Å². The zero-order chi connectivity index (χ0) is 7.68. The molecule has 4 heteroatoms. The van der Waals surface area contributed by atoms with Gasteiger partial charge in [0, 0.05) is 13.0 Å². The van der Waals surface area contributed by atoms with Crippen molar-refractivity contribution in [1.29, 1.82) is 0 Å². The molecule has 1 aliphatic heterocycles. The van der Waals surface area contributed by atoms with E-state index in [4.69, 9.17) is 0 Å². The molecule has 0 saturated carbocycles. The molecule has 0 spiro atoms. The van der Waals surface area contributed by atoms with E-state index in [9.17, 15) is 4.79 Å². The molecular weight excluding hydrogens is 144 g/mol.